The summed E-state index contributed by atoms with van der Waals surface area (Å²) in [6.45, 7) is 24.0. The molecule has 0 atom stereocenters. The van der Waals surface area contributed by atoms with Crippen molar-refractivity contribution in [2.24, 2.45) is 5.41 Å². The van der Waals surface area contributed by atoms with Gasteiger partial charge in [-0.3, -0.25) is 0 Å². The van der Waals surface area contributed by atoms with Crippen molar-refractivity contribution < 1.29 is 74.7 Å². The average Bonchev–Trinajstić information content (AvgIpc) is 2.92. The Hall–Kier alpha value is -4.86. The number of aliphatic carboxylic acids is 6. The summed E-state index contributed by atoms with van der Waals surface area (Å²) in [5.74, 6) is -5.75. The van der Waals surface area contributed by atoms with E-state index >= 15 is 0 Å². The highest BCUT2D eigenvalue weighted by atomic mass is 16.4. The molecule has 0 aromatic carbocycles. The lowest BCUT2D eigenvalue weighted by molar-refractivity contribution is -0.133. The van der Waals surface area contributed by atoms with Crippen LogP contribution in [0.25, 0.3) is 0 Å². The summed E-state index contributed by atoms with van der Waals surface area (Å²) >= 11 is 0. The molecule has 0 amide bonds. The zero-order chi connectivity index (χ0) is 35.6. The predicted molar refractivity (Wildman–Crippen MR) is 155 cm³/mol. The fourth-order valence-electron chi connectivity index (χ4n) is 0.485. The van der Waals surface area contributed by atoms with Crippen LogP contribution >= 0.6 is 0 Å². The topological polar surface area (TPSA) is 284 Å². The Labute approximate surface area is 244 Å². The lowest BCUT2D eigenvalue weighted by Gasteiger charge is -2.24. The molecule has 15 heteroatoms. The van der Waals surface area contributed by atoms with E-state index in [4.69, 9.17) is 46.0 Å². The van der Waals surface area contributed by atoms with Gasteiger partial charge in [0.25, 0.3) is 0 Å². The maximum atomic E-state index is 9.60. The van der Waals surface area contributed by atoms with E-state index in [2.05, 4.69) is 39.5 Å². The van der Waals surface area contributed by atoms with Gasteiger partial charge in [-0.05, 0) is 27.2 Å². The second-order valence-corrected chi connectivity index (χ2v) is 7.21. The van der Waals surface area contributed by atoms with Crippen molar-refractivity contribution in [3.05, 3.63) is 74.4 Å². The molecule has 0 fully saturated rings. The van der Waals surface area contributed by atoms with Gasteiger partial charge in [-0.15, -0.1) is 0 Å². The van der Waals surface area contributed by atoms with Gasteiger partial charge in [-0.25, -0.2) is 28.8 Å². The van der Waals surface area contributed by atoms with Crippen molar-refractivity contribution in [1.82, 2.24) is 0 Å². The summed E-state index contributed by atoms with van der Waals surface area (Å²) in [6.07, 6.45) is 3.09. The fraction of sp³-hybridized carbons (Fsp3) is 0.333. The van der Waals surface area contributed by atoms with Crippen LogP contribution in [-0.4, -0.2) is 102 Å². The molecule has 0 aliphatic heterocycles. The highest BCUT2D eigenvalue weighted by Crippen LogP contribution is 2.18. The van der Waals surface area contributed by atoms with Gasteiger partial charge in [0.1, 0.15) is 0 Å². The van der Waals surface area contributed by atoms with Gasteiger partial charge in [-0.2, -0.15) is 0 Å². The third kappa shape index (κ3) is 64.8. The van der Waals surface area contributed by atoms with Crippen molar-refractivity contribution in [2.75, 3.05) is 19.8 Å². The van der Waals surface area contributed by atoms with Crippen LogP contribution < -0.4 is 0 Å². The Morgan fingerprint density at radius 1 is 0.524 bits per heavy atom. The summed E-state index contributed by atoms with van der Waals surface area (Å²) in [5, 5.41) is 72.5. The van der Waals surface area contributed by atoms with E-state index in [9.17, 15) is 28.8 Å². The number of aliphatic hydroxyl groups is 3. The number of carbonyl (C=O) groups is 6. The van der Waals surface area contributed by atoms with Crippen LogP contribution in [0.3, 0.4) is 0 Å². The van der Waals surface area contributed by atoms with Gasteiger partial charge in [-0.1, -0.05) is 46.4 Å². The first-order chi connectivity index (χ1) is 19.0. The largest absolute Gasteiger partial charge is 0.478 e. The van der Waals surface area contributed by atoms with Crippen LogP contribution in [0.4, 0.5) is 0 Å². The summed E-state index contributed by atoms with van der Waals surface area (Å²) < 4.78 is 0. The first-order valence-electron chi connectivity index (χ1n) is 11.0. The van der Waals surface area contributed by atoms with Crippen molar-refractivity contribution in [1.29, 1.82) is 0 Å². The van der Waals surface area contributed by atoms with Crippen LogP contribution in [0.5, 0.6) is 0 Å². The predicted octanol–water partition coefficient (Wildman–Crippen LogP) is 2.07. The first kappa shape index (κ1) is 53.4. The van der Waals surface area contributed by atoms with Crippen molar-refractivity contribution in [3.8, 4) is 0 Å². The van der Waals surface area contributed by atoms with Crippen molar-refractivity contribution >= 4 is 35.8 Å². The Morgan fingerprint density at radius 2 is 0.643 bits per heavy atom. The van der Waals surface area contributed by atoms with E-state index in [1.807, 2.05) is 6.92 Å². The summed E-state index contributed by atoms with van der Waals surface area (Å²) in [5.41, 5.74) is -0.139. The molecule has 0 spiro atoms. The molecule has 0 aliphatic rings. The van der Waals surface area contributed by atoms with E-state index in [0.29, 0.717) is 6.42 Å². The Balaban J connectivity index is -0.0000000688. The Morgan fingerprint density at radius 3 is 0.643 bits per heavy atom. The molecule has 0 bridgehead atoms. The molecule has 0 radical (unpaired) electrons. The van der Waals surface area contributed by atoms with E-state index in [-0.39, 0.29) is 36.5 Å². The third-order valence-electron chi connectivity index (χ3n) is 3.38. The number of aliphatic hydroxyl groups excluding tert-OH is 3. The van der Waals surface area contributed by atoms with Crippen molar-refractivity contribution in [2.45, 2.75) is 34.1 Å². The van der Waals surface area contributed by atoms with Crippen LogP contribution in [0, 0.1) is 5.41 Å². The quantitative estimate of drug-likeness (QED) is 0.160. The van der Waals surface area contributed by atoms with E-state index in [1.165, 1.54) is 20.8 Å². The van der Waals surface area contributed by atoms with Gasteiger partial charge in [0.05, 0.1) is 19.8 Å². The summed E-state index contributed by atoms with van der Waals surface area (Å²) in [4.78, 5) is 56.5. The van der Waals surface area contributed by atoms with Crippen LogP contribution in [0.1, 0.15) is 34.1 Å². The molecule has 15 nitrogen and oxygen atoms in total. The van der Waals surface area contributed by atoms with Crippen molar-refractivity contribution in [3.63, 3.8) is 0 Å². The zero-order valence-electron chi connectivity index (χ0n) is 24.3. The molecule has 0 aromatic rings. The second-order valence-electron chi connectivity index (χ2n) is 7.21. The molecule has 242 valence electrons. The van der Waals surface area contributed by atoms with E-state index in [0.717, 1.165) is 18.2 Å². The van der Waals surface area contributed by atoms with Gasteiger partial charge in [0, 0.05) is 40.4 Å². The van der Waals surface area contributed by atoms with Crippen LogP contribution in [-0.2, 0) is 28.8 Å². The van der Waals surface area contributed by atoms with Crippen LogP contribution in [0.15, 0.2) is 74.4 Å². The molecule has 0 heterocycles. The normalized spacial score (nSPS) is 8.07. The maximum Gasteiger partial charge on any atom is 0.330 e. The smallest absolute Gasteiger partial charge is 0.330 e. The second kappa shape index (κ2) is 36.1. The maximum absolute atomic E-state index is 9.60. The van der Waals surface area contributed by atoms with Gasteiger partial charge in [0.15, 0.2) is 0 Å². The lowest BCUT2D eigenvalue weighted by Crippen LogP contribution is -2.32. The Kier molecular flexibility index (Phi) is 45.9. The molecule has 9 N–H and O–H groups in total. The number of hydrogen-bond donors (Lipinski definition) is 9. The molecular formula is C27H44O15. The average molecular weight is 609 g/mol. The molecule has 0 aliphatic carbocycles. The molecule has 0 unspecified atom stereocenters. The molecule has 0 saturated carbocycles. The number of carboxylic acids is 6. The molecule has 0 aromatic heterocycles. The highest BCUT2D eigenvalue weighted by Gasteiger charge is 2.24. The highest BCUT2D eigenvalue weighted by molar-refractivity contribution is 5.85. The first-order valence-corrected chi connectivity index (χ1v) is 11.0. The molecule has 0 rings (SSSR count). The minimum atomic E-state index is -0.981. The summed E-state index contributed by atoms with van der Waals surface area (Å²) in [6, 6.07) is 0. The van der Waals surface area contributed by atoms with Gasteiger partial charge < -0.3 is 46.0 Å². The van der Waals surface area contributed by atoms with Crippen LogP contribution in [0.2, 0.25) is 0 Å². The Bertz CT molecular complexity index is 742. The SMILES string of the molecule is C=C(C)C(=O)O.C=C(C)C(=O)O.C=C(C)C(=O)O.C=CC(=O)O.C=CC(=O)O.C=CC(=O)O.CCC(CO)(CO)CO. The minimum absolute atomic E-state index is 0.156. The van der Waals surface area contributed by atoms with E-state index in [1.54, 1.807) is 0 Å². The number of carboxylic acid groups (broad SMARTS) is 6. The zero-order valence-corrected chi connectivity index (χ0v) is 24.3. The standard InChI is InChI=1S/C6H14O3.3C4H6O2.3C3H4O2/c1-2-6(3-7,4-8)5-9;3*1-3(2)4(5)6;3*1-2-3(4)5/h7-9H,2-5H2,1H3;3*1H2,2H3,(H,5,6);3*2H,1H2,(H,4,5). The van der Waals surface area contributed by atoms with Gasteiger partial charge in [0.2, 0.25) is 0 Å². The lowest BCUT2D eigenvalue weighted by atomic mass is 9.88. The molecule has 0 saturated heterocycles. The van der Waals surface area contributed by atoms with Gasteiger partial charge >= 0.3 is 35.8 Å². The fourth-order valence-corrected chi connectivity index (χ4v) is 0.485. The summed E-state index contributed by atoms with van der Waals surface area (Å²) in [7, 11) is 0. The molecular weight excluding hydrogens is 564 g/mol. The minimum Gasteiger partial charge on any atom is -0.478 e. The third-order valence-corrected chi connectivity index (χ3v) is 3.38. The number of hydrogen-bond acceptors (Lipinski definition) is 9. The molecule has 42 heavy (non-hydrogen) atoms. The number of rotatable bonds is 10. The van der Waals surface area contributed by atoms with E-state index < -0.39 is 41.2 Å². The monoisotopic (exact) mass is 608 g/mol.